The molecular weight excluding hydrogens is 584 g/mol. The molecule has 2 saturated heterocycles. The van der Waals surface area contributed by atoms with Crippen LogP contribution in [0, 0.1) is 17.1 Å². The predicted molar refractivity (Wildman–Crippen MR) is 173 cm³/mol. The Balaban J connectivity index is 1.48. The number of pyridine rings is 1. The van der Waals surface area contributed by atoms with Crippen LogP contribution in [0.4, 0.5) is 10.2 Å². The van der Waals surface area contributed by atoms with Crippen LogP contribution in [-0.4, -0.2) is 65.0 Å². The molecule has 220 valence electrons. The van der Waals surface area contributed by atoms with Crippen LogP contribution in [-0.2, 0) is 0 Å². The summed E-state index contributed by atoms with van der Waals surface area (Å²) in [6, 6.07) is 15.6. The van der Waals surface area contributed by atoms with E-state index in [1.165, 1.54) is 0 Å². The van der Waals surface area contributed by atoms with Crippen molar-refractivity contribution in [1.29, 1.82) is 5.26 Å². The summed E-state index contributed by atoms with van der Waals surface area (Å²) in [7, 11) is 4.16. The van der Waals surface area contributed by atoms with E-state index in [2.05, 4.69) is 42.2 Å². The highest BCUT2D eigenvalue weighted by molar-refractivity contribution is 6.38. The number of likely N-dealkylation sites (N-methyl/N-ethyl adjacent to an activating group) is 1. The molecule has 0 saturated carbocycles. The zero-order chi connectivity index (χ0) is 30.0. The first kappa shape index (κ1) is 28.3. The van der Waals surface area contributed by atoms with E-state index in [9.17, 15) is 5.26 Å². The van der Waals surface area contributed by atoms with Gasteiger partial charge in [-0.2, -0.15) is 10.4 Å². The number of rotatable bonds is 5. The van der Waals surface area contributed by atoms with Crippen molar-refractivity contribution in [3.63, 3.8) is 0 Å². The molecule has 0 aliphatic carbocycles. The lowest BCUT2D eigenvalue weighted by Crippen LogP contribution is -2.67. The molecule has 4 heterocycles. The normalized spacial score (nSPS) is 20.2. The van der Waals surface area contributed by atoms with Crippen molar-refractivity contribution >= 4 is 61.6 Å². The number of piperidine rings is 1. The summed E-state index contributed by atoms with van der Waals surface area (Å²) in [6.07, 6.45) is 3.89. The number of aromatic nitrogens is 3. The second-order valence-corrected chi connectivity index (χ2v) is 13.1. The highest BCUT2D eigenvalue weighted by Crippen LogP contribution is 2.45. The first-order chi connectivity index (χ1) is 20.7. The summed E-state index contributed by atoms with van der Waals surface area (Å²) in [5.41, 5.74) is 1.99. The second kappa shape index (κ2) is 10.6. The molecular formula is C33H32Cl2FN7. The van der Waals surface area contributed by atoms with Gasteiger partial charge in [-0.25, -0.2) is 9.37 Å². The Morgan fingerprint density at radius 3 is 2.65 bits per heavy atom. The Bertz CT molecular complexity index is 1930. The van der Waals surface area contributed by atoms with Crippen molar-refractivity contribution in [3.8, 4) is 17.2 Å². The van der Waals surface area contributed by atoms with Gasteiger partial charge in [-0.05, 0) is 63.5 Å². The first-order valence-electron chi connectivity index (χ1n) is 14.6. The van der Waals surface area contributed by atoms with Crippen molar-refractivity contribution in [1.82, 2.24) is 25.0 Å². The molecule has 7 rings (SSSR count). The minimum atomic E-state index is -0.477. The molecule has 2 aromatic heterocycles. The molecule has 5 aromatic rings. The number of hydrogen-bond acceptors (Lipinski definition) is 6. The third-order valence-corrected chi connectivity index (χ3v) is 10.0. The predicted octanol–water partition coefficient (Wildman–Crippen LogP) is 7.20. The smallest absolute Gasteiger partial charge is 0.158 e. The van der Waals surface area contributed by atoms with Crippen molar-refractivity contribution in [2.75, 3.05) is 38.6 Å². The molecule has 10 heteroatoms. The molecule has 2 fully saturated rings. The summed E-state index contributed by atoms with van der Waals surface area (Å²) in [5.74, 6) is 0.244. The molecule has 0 radical (unpaired) electrons. The van der Waals surface area contributed by atoms with Crippen molar-refractivity contribution in [2.24, 2.45) is 0 Å². The fraction of sp³-hybridized carbons (Fsp3) is 0.364. The largest absolute Gasteiger partial charge is 0.352 e. The number of anilines is 1. The van der Waals surface area contributed by atoms with Crippen LogP contribution in [0.3, 0.4) is 0 Å². The van der Waals surface area contributed by atoms with Gasteiger partial charge in [-0.1, -0.05) is 53.5 Å². The SMILES string of the molecule is CN(C)C1(C)CN(c2nc3c(F)c(-c4cccc5cccc(Cl)c45)c(Cl)cc3c3c2cnn3[C@H]2CCN[C@H](CC#N)C2)C1. The van der Waals surface area contributed by atoms with E-state index in [1.54, 1.807) is 0 Å². The Morgan fingerprint density at radius 1 is 1.14 bits per heavy atom. The molecule has 0 amide bonds. The van der Waals surface area contributed by atoms with Gasteiger partial charge in [0, 0.05) is 40.5 Å². The standard InChI is InChI=1S/C33H32Cl2FN7/c1-33(41(2)3)17-42(18-33)32-24-16-39-43(21-11-13-38-20(14-21)10-12-37)31(24)23-15-26(35)28(29(36)30(23)40-32)22-8-4-6-19-7-5-9-25(34)27(19)22/h4-9,15-16,20-21,38H,10-11,13-14,17-18H2,1-3H3/t20-,21+/m1/s1. The molecule has 2 aliphatic rings. The fourth-order valence-corrected chi connectivity index (χ4v) is 7.39. The summed E-state index contributed by atoms with van der Waals surface area (Å²) in [5, 5.41) is 21.6. The molecule has 3 aromatic carbocycles. The highest BCUT2D eigenvalue weighted by atomic mass is 35.5. The summed E-state index contributed by atoms with van der Waals surface area (Å²) < 4.78 is 19.0. The molecule has 43 heavy (non-hydrogen) atoms. The Hall–Kier alpha value is -3.48. The maximum absolute atomic E-state index is 17.0. The Labute approximate surface area is 259 Å². The van der Waals surface area contributed by atoms with Crippen LogP contribution in [0.5, 0.6) is 0 Å². The lowest BCUT2D eigenvalue weighted by molar-refractivity contribution is 0.133. The van der Waals surface area contributed by atoms with Gasteiger partial charge in [0.1, 0.15) is 11.3 Å². The van der Waals surface area contributed by atoms with Crippen LogP contribution in [0.2, 0.25) is 10.0 Å². The Kier molecular flexibility index (Phi) is 6.98. The van der Waals surface area contributed by atoms with Gasteiger partial charge in [0.25, 0.3) is 0 Å². The highest BCUT2D eigenvalue weighted by Gasteiger charge is 2.42. The zero-order valence-corrected chi connectivity index (χ0v) is 25.8. The molecule has 2 atom stereocenters. The minimum Gasteiger partial charge on any atom is -0.352 e. The quantitative estimate of drug-likeness (QED) is 0.225. The Morgan fingerprint density at radius 2 is 1.91 bits per heavy atom. The van der Waals surface area contributed by atoms with E-state index in [-0.39, 0.29) is 33.7 Å². The number of fused-ring (bicyclic) bond motifs is 4. The van der Waals surface area contributed by atoms with E-state index >= 15 is 4.39 Å². The average molecular weight is 617 g/mol. The number of hydrogen-bond donors (Lipinski definition) is 1. The topological polar surface area (TPSA) is 73.0 Å². The van der Waals surface area contributed by atoms with Gasteiger partial charge in [-0.3, -0.25) is 4.68 Å². The molecule has 7 nitrogen and oxygen atoms in total. The van der Waals surface area contributed by atoms with E-state index in [1.807, 2.05) is 53.3 Å². The summed E-state index contributed by atoms with van der Waals surface area (Å²) >= 11 is 13.6. The second-order valence-electron chi connectivity index (χ2n) is 12.3. The number of nitrogens with one attached hydrogen (secondary N) is 1. The maximum Gasteiger partial charge on any atom is 0.158 e. The number of nitriles is 1. The van der Waals surface area contributed by atoms with E-state index in [4.69, 9.17) is 33.3 Å². The van der Waals surface area contributed by atoms with Crippen molar-refractivity contribution < 1.29 is 4.39 Å². The molecule has 0 unspecified atom stereocenters. The number of halogens is 3. The van der Waals surface area contributed by atoms with Gasteiger partial charge in [0.2, 0.25) is 0 Å². The first-order valence-corrected chi connectivity index (χ1v) is 15.3. The van der Waals surface area contributed by atoms with Gasteiger partial charge >= 0.3 is 0 Å². The van der Waals surface area contributed by atoms with E-state index in [0.29, 0.717) is 22.4 Å². The fourth-order valence-electron chi connectivity index (χ4n) is 6.81. The van der Waals surface area contributed by atoms with E-state index < -0.39 is 5.82 Å². The minimum absolute atomic E-state index is 0.0120. The molecule has 1 N–H and O–H groups in total. The van der Waals surface area contributed by atoms with Crippen molar-refractivity contribution in [3.05, 3.63) is 64.5 Å². The van der Waals surface area contributed by atoms with Crippen LogP contribution < -0.4 is 10.2 Å². The molecule has 0 bridgehead atoms. The molecule has 0 spiro atoms. The lowest BCUT2D eigenvalue weighted by Gasteiger charge is -2.52. The van der Waals surface area contributed by atoms with Crippen LogP contribution in [0.1, 0.15) is 32.2 Å². The lowest BCUT2D eigenvalue weighted by atomic mass is 9.90. The van der Waals surface area contributed by atoms with Gasteiger partial charge in [0.05, 0.1) is 46.2 Å². The third kappa shape index (κ3) is 4.53. The molecule has 2 aliphatic heterocycles. The van der Waals surface area contributed by atoms with Crippen LogP contribution in [0.15, 0.2) is 48.7 Å². The van der Waals surface area contributed by atoms with Gasteiger partial charge in [0.15, 0.2) is 5.82 Å². The van der Waals surface area contributed by atoms with E-state index in [0.717, 1.165) is 60.0 Å². The third-order valence-electron chi connectivity index (χ3n) is 9.42. The zero-order valence-electron chi connectivity index (χ0n) is 24.3. The maximum atomic E-state index is 17.0. The summed E-state index contributed by atoms with van der Waals surface area (Å²) in [4.78, 5) is 9.44. The monoisotopic (exact) mass is 615 g/mol. The summed E-state index contributed by atoms with van der Waals surface area (Å²) in [6.45, 7) is 4.52. The van der Waals surface area contributed by atoms with Crippen LogP contribution >= 0.6 is 23.2 Å². The van der Waals surface area contributed by atoms with Gasteiger partial charge < -0.3 is 15.1 Å². The van der Waals surface area contributed by atoms with Gasteiger partial charge in [-0.15, -0.1) is 0 Å². The van der Waals surface area contributed by atoms with Crippen LogP contribution in [0.25, 0.3) is 43.7 Å². The average Bonchev–Trinajstić information content (AvgIpc) is 3.42. The number of benzene rings is 3. The number of nitrogens with zero attached hydrogens (tertiary/aromatic N) is 6. The van der Waals surface area contributed by atoms with Crippen molar-refractivity contribution in [2.45, 2.75) is 43.8 Å².